The molecule has 4 saturated carbocycles. The molecule has 3 heteroatoms. The molecule has 0 aromatic rings. The van der Waals surface area contributed by atoms with Crippen LogP contribution in [-0.4, -0.2) is 49.0 Å². The molecule has 4 fully saturated rings. The van der Waals surface area contributed by atoms with Gasteiger partial charge in [0.05, 0.1) is 12.7 Å². The molecule has 2 unspecified atom stereocenters. The third kappa shape index (κ3) is 3.02. The number of nitrogens with zero attached hydrogens (tertiary/aromatic N) is 1. The Hall–Kier alpha value is -0.120. The second kappa shape index (κ2) is 6.17. The Bertz CT molecular complexity index is 322. The van der Waals surface area contributed by atoms with Gasteiger partial charge in [-0.15, -0.1) is 0 Å². The molecule has 0 saturated heterocycles. The number of aliphatic hydroxyl groups is 1. The van der Waals surface area contributed by atoms with E-state index in [1.165, 1.54) is 38.5 Å². The number of methoxy groups -OCH3 is 1. The molecule has 122 valence electrons. The molecule has 4 aliphatic carbocycles. The van der Waals surface area contributed by atoms with E-state index in [0.29, 0.717) is 6.04 Å². The first-order chi connectivity index (χ1) is 10.1. The van der Waals surface area contributed by atoms with E-state index in [9.17, 15) is 5.11 Å². The van der Waals surface area contributed by atoms with Gasteiger partial charge in [-0.2, -0.15) is 0 Å². The van der Waals surface area contributed by atoms with Gasteiger partial charge in [0.25, 0.3) is 0 Å². The maximum Gasteiger partial charge on any atom is 0.0723 e. The van der Waals surface area contributed by atoms with Gasteiger partial charge in [0.1, 0.15) is 0 Å². The zero-order valence-electron chi connectivity index (χ0n) is 14.1. The first-order valence-corrected chi connectivity index (χ1v) is 8.97. The molecule has 0 spiro atoms. The van der Waals surface area contributed by atoms with Gasteiger partial charge < -0.3 is 9.84 Å². The van der Waals surface area contributed by atoms with Crippen LogP contribution in [0.4, 0.5) is 0 Å². The normalized spacial score (nSPS) is 40.7. The summed E-state index contributed by atoms with van der Waals surface area (Å²) < 4.78 is 5.29. The molecule has 21 heavy (non-hydrogen) atoms. The van der Waals surface area contributed by atoms with Crippen LogP contribution in [0.3, 0.4) is 0 Å². The summed E-state index contributed by atoms with van der Waals surface area (Å²) in [4.78, 5) is 2.40. The predicted molar refractivity (Wildman–Crippen MR) is 85.2 cm³/mol. The number of hydrogen-bond donors (Lipinski definition) is 1. The molecule has 4 bridgehead atoms. The van der Waals surface area contributed by atoms with Crippen LogP contribution < -0.4 is 0 Å². The maximum atomic E-state index is 11.1. The van der Waals surface area contributed by atoms with Crippen LogP contribution in [0.5, 0.6) is 0 Å². The summed E-state index contributed by atoms with van der Waals surface area (Å²) in [5.41, 5.74) is 0.245. The Labute approximate surface area is 130 Å². The third-order valence-electron chi connectivity index (χ3n) is 6.64. The summed E-state index contributed by atoms with van der Waals surface area (Å²) >= 11 is 0. The average molecular weight is 295 g/mol. The first kappa shape index (κ1) is 15.8. The van der Waals surface area contributed by atoms with E-state index in [1.807, 2.05) is 0 Å². The summed E-state index contributed by atoms with van der Waals surface area (Å²) in [6, 6.07) is 0.392. The van der Waals surface area contributed by atoms with Crippen molar-refractivity contribution < 1.29 is 9.84 Å². The lowest BCUT2D eigenvalue weighted by Crippen LogP contribution is -2.55. The smallest absolute Gasteiger partial charge is 0.0723 e. The fraction of sp³-hybridized carbons (Fsp3) is 1.00. The quantitative estimate of drug-likeness (QED) is 0.784. The molecule has 4 rings (SSSR count). The van der Waals surface area contributed by atoms with Crippen LogP contribution in [0.1, 0.15) is 52.4 Å². The zero-order chi connectivity index (χ0) is 15.0. The van der Waals surface area contributed by atoms with Gasteiger partial charge in [-0.1, -0.05) is 6.92 Å². The van der Waals surface area contributed by atoms with E-state index < -0.39 is 0 Å². The lowest BCUT2D eigenvalue weighted by atomic mass is 9.48. The Morgan fingerprint density at radius 3 is 2.10 bits per heavy atom. The third-order valence-corrected chi connectivity index (χ3v) is 6.64. The average Bonchev–Trinajstić information content (AvgIpc) is 2.43. The van der Waals surface area contributed by atoms with Crippen molar-refractivity contribution in [1.29, 1.82) is 0 Å². The molecule has 0 aromatic heterocycles. The Morgan fingerprint density at radius 1 is 1.14 bits per heavy atom. The fourth-order valence-corrected chi connectivity index (χ4v) is 5.97. The SMILES string of the molecule is CCN(CC(O)C12CC3CC(CC(C3)C1)C2)C(C)COC. The topological polar surface area (TPSA) is 32.7 Å². The zero-order valence-corrected chi connectivity index (χ0v) is 14.1. The minimum Gasteiger partial charge on any atom is -0.391 e. The molecule has 0 heterocycles. The van der Waals surface area contributed by atoms with Crippen molar-refractivity contribution in [2.24, 2.45) is 23.2 Å². The minimum atomic E-state index is -0.148. The standard InChI is InChI=1S/C18H33NO2/c1-4-19(13(2)12-21-3)11-17(20)18-8-14-5-15(9-18)7-16(6-14)10-18/h13-17,20H,4-12H2,1-3H3. The molecule has 2 atom stereocenters. The molecule has 0 amide bonds. The Morgan fingerprint density at radius 2 is 1.67 bits per heavy atom. The van der Waals surface area contributed by atoms with Gasteiger partial charge in [-0.3, -0.25) is 4.90 Å². The highest BCUT2D eigenvalue weighted by Gasteiger charge is 2.54. The van der Waals surface area contributed by atoms with Crippen molar-refractivity contribution in [1.82, 2.24) is 4.90 Å². The number of rotatable bonds is 7. The Balaban J connectivity index is 1.65. The molecule has 0 aliphatic heterocycles. The number of likely N-dealkylation sites (N-methyl/N-ethyl adjacent to an activating group) is 1. The maximum absolute atomic E-state index is 11.1. The lowest BCUT2D eigenvalue weighted by molar-refractivity contribution is -0.129. The summed E-state index contributed by atoms with van der Waals surface area (Å²) in [7, 11) is 1.76. The van der Waals surface area contributed by atoms with Crippen LogP contribution >= 0.6 is 0 Å². The Kier molecular flexibility index (Phi) is 4.63. The van der Waals surface area contributed by atoms with Gasteiger partial charge in [-0.25, -0.2) is 0 Å². The summed E-state index contributed by atoms with van der Waals surface area (Å²) in [6.45, 7) is 6.97. The van der Waals surface area contributed by atoms with Crippen LogP contribution in [0.2, 0.25) is 0 Å². The second-order valence-electron chi connectivity index (χ2n) is 8.19. The molecule has 4 aliphatic rings. The number of ether oxygens (including phenoxy) is 1. The first-order valence-electron chi connectivity index (χ1n) is 8.97. The van der Waals surface area contributed by atoms with Gasteiger partial charge in [0, 0.05) is 19.7 Å². The van der Waals surface area contributed by atoms with E-state index in [2.05, 4.69) is 18.7 Å². The van der Waals surface area contributed by atoms with Crippen molar-refractivity contribution in [2.75, 3.05) is 26.8 Å². The summed E-state index contributed by atoms with van der Waals surface area (Å²) in [5.74, 6) is 2.74. The highest BCUT2D eigenvalue weighted by atomic mass is 16.5. The van der Waals surface area contributed by atoms with Crippen molar-refractivity contribution in [2.45, 2.75) is 64.5 Å². The monoisotopic (exact) mass is 295 g/mol. The summed E-state index contributed by atoms with van der Waals surface area (Å²) in [5, 5.41) is 11.1. The molecule has 0 aromatic carbocycles. The van der Waals surface area contributed by atoms with E-state index in [0.717, 1.165) is 37.5 Å². The van der Waals surface area contributed by atoms with Crippen molar-refractivity contribution in [3.63, 3.8) is 0 Å². The van der Waals surface area contributed by atoms with Gasteiger partial charge in [0.2, 0.25) is 0 Å². The van der Waals surface area contributed by atoms with E-state index in [1.54, 1.807) is 7.11 Å². The number of hydrogen-bond acceptors (Lipinski definition) is 3. The molecule has 0 radical (unpaired) electrons. The highest BCUT2D eigenvalue weighted by molar-refractivity contribution is 5.04. The lowest BCUT2D eigenvalue weighted by Gasteiger charge is -2.59. The highest BCUT2D eigenvalue weighted by Crippen LogP contribution is 2.61. The molecule has 3 nitrogen and oxygen atoms in total. The molecular formula is C18H33NO2. The van der Waals surface area contributed by atoms with Crippen molar-refractivity contribution in [3.8, 4) is 0 Å². The van der Waals surface area contributed by atoms with Crippen LogP contribution in [0, 0.1) is 23.2 Å². The van der Waals surface area contributed by atoms with Gasteiger partial charge in [0.15, 0.2) is 0 Å². The minimum absolute atomic E-state index is 0.148. The molecular weight excluding hydrogens is 262 g/mol. The summed E-state index contributed by atoms with van der Waals surface area (Å²) in [6.07, 6.45) is 8.06. The van der Waals surface area contributed by atoms with Gasteiger partial charge >= 0.3 is 0 Å². The fourth-order valence-electron chi connectivity index (χ4n) is 5.97. The van der Waals surface area contributed by atoms with Crippen LogP contribution in [0.15, 0.2) is 0 Å². The van der Waals surface area contributed by atoms with Crippen LogP contribution in [-0.2, 0) is 4.74 Å². The number of aliphatic hydroxyl groups excluding tert-OH is 1. The second-order valence-corrected chi connectivity index (χ2v) is 8.19. The van der Waals surface area contributed by atoms with E-state index in [-0.39, 0.29) is 11.5 Å². The van der Waals surface area contributed by atoms with E-state index in [4.69, 9.17) is 4.74 Å². The van der Waals surface area contributed by atoms with E-state index >= 15 is 0 Å². The predicted octanol–water partition coefficient (Wildman–Crippen LogP) is 2.92. The largest absolute Gasteiger partial charge is 0.391 e. The van der Waals surface area contributed by atoms with Crippen LogP contribution in [0.25, 0.3) is 0 Å². The van der Waals surface area contributed by atoms with Crippen molar-refractivity contribution in [3.05, 3.63) is 0 Å². The van der Waals surface area contributed by atoms with Gasteiger partial charge in [-0.05, 0) is 75.2 Å². The van der Waals surface area contributed by atoms with Crippen molar-refractivity contribution >= 4 is 0 Å². The molecule has 1 N–H and O–H groups in total.